The number of rotatable bonds is 8. The van der Waals surface area contributed by atoms with Crippen molar-refractivity contribution in [1.82, 2.24) is 4.90 Å². The molecule has 0 fully saturated rings. The van der Waals surface area contributed by atoms with Crippen molar-refractivity contribution in [2.24, 2.45) is 0 Å². The molecule has 0 N–H and O–H groups in total. The molecule has 0 bridgehead atoms. The molecule has 1 aromatic rings. The van der Waals surface area contributed by atoms with E-state index in [0.717, 1.165) is 21.6 Å². The molecule has 0 spiro atoms. The molecule has 0 saturated carbocycles. The number of hydrogen-bond acceptors (Lipinski definition) is 4. The van der Waals surface area contributed by atoms with Gasteiger partial charge in [0, 0.05) is 19.7 Å². The maximum Gasteiger partial charge on any atom is 0.186 e. The van der Waals surface area contributed by atoms with Crippen molar-refractivity contribution in [3.63, 3.8) is 0 Å². The van der Waals surface area contributed by atoms with Gasteiger partial charge in [-0.2, -0.15) is 0 Å². The van der Waals surface area contributed by atoms with Crippen LogP contribution in [0.25, 0.3) is 0 Å². The fourth-order valence-electron chi connectivity index (χ4n) is 1.65. The first-order valence-corrected chi connectivity index (χ1v) is 7.71. The minimum absolute atomic E-state index is 0.183. The summed E-state index contributed by atoms with van der Waals surface area (Å²) in [6, 6.07) is 4.19. The van der Waals surface area contributed by atoms with E-state index < -0.39 is 0 Å². The second kappa shape index (κ2) is 8.04. The zero-order valence-corrected chi connectivity index (χ0v) is 13.5. The summed E-state index contributed by atoms with van der Waals surface area (Å²) in [5.74, 6) is 0.183. The Morgan fingerprint density at radius 1 is 1.56 bits per heavy atom. The average molecular weight is 334 g/mol. The molecule has 1 atom stereocenters. The molecule has 0 amide bonds. The van der Waals surface area contributed by atoms with Crippen molar-refractivity contribution >= 4 is 33.0 Å². The van der Waals surface area contributed by atoms with Crippen LogP contribution in [0.1, 0.15) is 29.9 Å². The Balaban J connectivity index is 2.61. The summed E-state index contributed by atoms with van der Waals surface area (Å²) in [4.78, 5) is 15.2. The maximum atomic E-state index is 12.2. The lowest BCUT2D eigenvalue weighted by atomic mass is 10.2. The Morgan fingerprint density at radius 2 is 2.28 bits per heavy atom. The van der Waals surface area contributed by atoms with E-state index in [1.807, 2.05) is 12.1 Å². The van der Waals surface area contributed by atoms with E-state index in [0.29, 0.717) is 19.2 Å². The Hall–Kier alpha value is -0.230. The molecule has 0 aromatic carbocycles. The number of carbonyl (C=O) groups excluding carboxylic acids is 1. The molecule has 1 heterocycles. The molecule has 0 saturated heterocycles. The molecule has 1 rings (SSSR count). The first kappa shape index (κ1) is 15.8. The molecule has 0 aliphatic heterocycles. The Morgan fingerprint density at radius 3 is 2.78 bits per heavy atom. The van der Waals surface area contributed by atoms with Crippen molar-refractivity contribution in [2.75, 3.05) is 26.8 Å². The molecular weight excluding hydrogens is 314 g/mol. The van der Waals surface area contributed by atoms with Crippen LogP contribution in [-0.2, 0) is 4.74 Å². The highest BCUT2D eigenvalue weighted by atomic mass is 79.9. The standard InChI is InChI=1S/C13H20BrNO2S/c1-4-10(2)15(7-8-17-3)9-11(16)12-5-6-13(14)18-12/h5-6,10H,4,7-9H2,1-3H3. The maximum absolute atomic E-state index is 12.2. The zero-order valence-electron chi connectivity index (χ0n) is 11.1. The van der Waals surface area contributed by atoms with Crippen LogP contribution in [0.3, 0.4) is 0 Å². The summed E-state index contributed by atoms with van der Waals surface area (Å²) in [5.41, 5.74) is 0. The van der Waals surface area contributed by atoms with Crippen LogP contribution >= 0.6 is 27.3 Å². The molecule has 102 valence electrons. The lowest BCUT2D eigenvalue weighted by molar-refractivity contribution is 0.0838. The van der Waals surface area contributed by atoms with E-state index in [4.69, 9.17) is 4.74 Å². The Kier molecular flexibility index (Phi) is 7.07. The number of hydrogen-bond donors (Lipinski definition) is 0. The summed E-state index contributed by atoms with van der Waals surface area (Å²) >= 11 is 4.87. The smallest absolute Gasteiger partial charge is 0.186 e. The topological polar surface area (TPSA) is 29.5 Å². The van der Waals surface area contributed by atoms with Gasteiger partial charge in [-0.05, 0) is 41.4 Å². The third kappa shape index (κ3) is 4.80. The van der Waals surface area contributed by atoms with Crippen molar-refractivity contribution < 1.29 is 9.53 Å². The number of halogens is 1. The normalized spacial score (nSPS) is 12.9. The van der Waals surface area contributed by atoms with Gasteiger partial charge in [0.2, 0.25) is 0 Å². The van der Waals surface area contributed by atoms with Crippen molar-refractivity contribution in [2.45, 2.75) is 26.3 Å². The summed E-state index contributed by atoms with van der Waals surface area (Å²) < 4.78 is 6.10. The summed E-state index contributed by atoms with van der Waals surface area (Å²) in [6.45, 7) is 6.20. The van der Waals surface area contributed by atoms with E-state index in [2.05, 4.69) is 34.7 Å². The van der Waals surface area contributed by atoms with E-state index in [1.165, 1.54) is 11.3 Å². The first-order chi connectivity index (χ1) is 8.58. The Labute approximate surface area is 121 Å². The number of carbonyl (C=O) groups is 1. The molecule has 1 aromatic heterocycles. The van der Waals surface area contributed by atoms with Crippen LogP contribution in [0.15, 0.2) is 15.9 Å². The average Bonchev–Trinajstić information content (AvgIpc) is 2.80. The Bertz CT molecular complexity index is 381. The second-order valence-corrected chi connectivity index (χ2v) is 6.71. The van der Waals surface area contributed by atoms with Crippen LogP contribution in [0.2, 0.25) is 0 Å². The highest BCUT2D eigenvalue weighted by molar-refractivity contribution is 9.11. The summed E-state index contributed by atoms with van der Waals surface area (Å²) in [5, 5.41) is 0. The molecule has 3 nitrogen and oxygen atoms in total. The van der Waals surface area contributed by atoms with Gasteiger partial charge in [-0.25, -0.2) is 0 Å². The van der Waals surface area contributed by atoms with Crippen LogP contribution in [0, 0.1) is 0 Å². The zero-order chi connectivity index (χ0) is 13.5. The molecule has 1 unspecified atom stereocenters. The van der Waals surface area contributed by atoms with Gasteiger partial charge in [-0.1, -0.05) is 6.92 Å². The predicted octanol–water partition coefficient (Wildman–Crippen LogP) is 3.44. The molecule has 0 aliphatic carbocycles. The number of ether oxygens (including phenoxy) is 1. The number of thiophene rings is 1. The fraction of sp³-hybridized carbons (Fsp3) is 0.615. The summed E-state index contributed by atoms with van der Waals surface area (Å²) in [6.07, 6.45) is 1.03. The highest BCUT2D eigenvalue weighted by Crippen LogP contribution is 2.22. The molecule has 0 aliphatic rings. The van der Waals surface area contributed by atoms with Crippen molar-refractivity contribution in [3.05, 3.63) is 20.8 Å². The number of Topliss-reactive ketones (excluding diaryl/α,β-unsaturated/α-hetero) is 1. The van der Waals surface area contributed by atoms with Gasteiger partial charge in [0.1, 0.15) is 0 Å². The molecular formula is C13H20BrNO2S. The van der Waals surface area contributed by atoms with E-state index >= 15 is 0 Å². The lowest BCUT2D eigenvalue weighted by Gasteiger charge is -2.27. The van der Waals surface area contributed by atoms with Crippen molar-refractivity contribution in [1.29, 1.82) is 0 Å². The molecule has 18 heavy (non-hydrogen) atoms. The van der Waals surface area contributed by atoms with Gasteiger partial charge < -0.3 is 4.74 Å². The second-order valence-electron chi connectivity index (χ2n) is 4.25. The minimum atomic E-state index is 0.183. The van der Waals surface area contributed by atoms with E-state index in [-0.39, 0.29) is 5.78 Å². The summed E-state index contributed by atoms with van der Waals surface area (Å²) in [7, 11) is 1.69. The quantitative estimate of drug-likeness (QED) is 0.682. The van der Waals surface area contributed by atoms with Crippen LogP contribution in [0.5, 0.6) is 0 Å². The highest BCUT2D eigenvalue weighted by Gasteiger charge is 2.17. The van der Waals surface area contributed by atoms with Crippen LogP contribution in [0.4, 0.5) is 0 Å². The predicted molar refractivity (Wildman–Crippen MR) is 79.6 cm³/mol. The van der Waals surface area contributed by atoms with Gasteiger partial charge in [0.15, 0.2) is 5.78 Å². The first-order valence-electron chi connectivity index (χ1n) is 6.10. The van der Waals surface area contributed by atoms with Crippen molar-refractivity contribution in [3.8, 4) is 0 Å². The van der Waals surface area contributed by atoms with Gasteiger partial charge in [-0.15, -0.1) is 11.3 Å². The fourth-order valence-corrected chi connectivity index (χ4v) is 2.96. The minimum Gasteiger partial charge on any atom is -0.383 e. The lowest BCUT2D eigenvalue weighted by Crippen LogP contribution is -2.39. The monoisotopic (exact) mass is 333 g/mol. The van der Waals surface area contributed by atoms with Gasteiger partial charge in [0.25, 0.3) is 0 Å². The number of ketones is 1. The number of nitrogens with zero attached hydrogens (tertiary/aromatic N) is 1. The largest absolute Gasteiger partial charge is 0.383 e. The molecule has 5 heteroatoms. The van der Waals surface area contributed by atoms with E-state index in [9.17, 15) is 4.79 Å². The third-order valence-corrected chi connectivity index (χ3v) is 4.66. The van der Waals surface area contributed by atoms with Gasteiger partial charge >= 0.3 is 0 Å². The van der Waals surface area contributed by atoms with Gasteiger partial charge in [-0.3, -0.25) is 9.69 Å². The van der Waals surface area contributed by atoms with E-state index in [1.54, 1.807) is 7.11 Å². The number of methoxy groups -OCH3 is 1. The third-order valence-electron chi connectivity index (χ3n) is 2.99. The van der Waals surface area contributed by atoms with Crippen LogP contribution in [-0.4, -0.2) is 43.5 Å². The van der Waals surface area contributed by atoms with Gasteiger partial charge in [0.05, 0.1) is 21.8 Å². The SMILES string of the molecule is CCC(C)N(CCOC)CC(=O)c1ccc(Br)s1. The molecule has 0 radical (unpaired) electrons. The van der Waals surface area contributed by atoms with Crippen LogP contribution < -0.4 is 0 Å².